The normalized spacial score (nSPS) is 12.0. The van der Waals surface area contributed by atoms with E-state index >= 15 is 0 Å². The summed E-state index contributed by atoms with van der Waals surface area (Å²) in [5.74, 6) is 2.33. The number of hydrogen-bond acceptors (Lipinski definition) is 3. The average Bonchev–Trinajstić information content (AvgIpc) is 2.65. The van der Waals surface area contributed by atoms with Crippen molar-refractivity contribution in [2.24, 2.45) is 4.99 Å². The highest BCUT2D eigenvalue weighted by Gasteiger charge is 2.14. The summed E-state index contributed by atoms with van der Waals surface area (Å²) in [6, 6.07) is 13.9. The second kappa shape index (κ2) is 11.3. The van der Waals surface area contributed by atoms with E-state index in [9.17, 15) is 0 Å². The van der Waals surface area contributed by atoms with E-state index in [1.807, 2.05) is 30.3 Å². The van der Waals surface area contributed by atoms with Crippen molar-refractivity contribution >= 4 is 45.9 Å². The quantitative estimate of drug-likeness (QED) is 0.326. The average molecular weight is 534 g/mol. The molecular weight excluding hydrogens is 509 g/mol. The van der Waals surface area contributed by atoms with Gasteiger partial charge in [-0.2, -0.15) is 0 Å². The highest BCUT2D eigenvalue weighted by atomic mass is 127. The molecule has 5 nitrogen and oxygen atoms in total. The molecule has 142 valence electrons. The van der Waals surface area contributed by atoms with Gasteiger partial charge in [0.15, 0.2) is 5.96 Å². The van der Waals surface area contributed by atoms with Gasteiger partial charge in [0, 0.05) is 23.6 Å². The second-order valence-electron chi connectivity index (χ2n) is 5.53. The van der Waals surface area contributed by atoms with Gasteiger partial charge in [-0.25, -0.2) is 0 Å². The maximum atomic E-state index is 5.46. The molecule has 0 aliphatic carbocycles. The van der Waals surface area contributed by atoms with E-state index < -0.39 is 0 Å². The Hall–Kier alpha value is -1.48. The zero-order valence-electron chi connectivity index (χ0n) is 15.4. The lowest BCUT2D eigenvalue weighted by Gasteiger charge is -2.21. The van der Waals surface area contributed by atoms with Gasteiger partial charge >= 0.3 is 0 Å². The van der Waals surface area contributed by atoms with Gasteiger partial charge in [-0.15, -0.1) is 24.0 Å². The number of rotatable bonds is 6. The molecule has 0 aliphatic rings. The van der Waals surface area contributed by atoms with Gasteiger partial charge in [0.2, 0.25) is 0 Å². The maximum Gasteiger partial charge on any atom is 0.191 e. The van der Waals surface area contributed by atoms with E-state index in [2.05, 4.69) is 50.6 Å². The number of benzene rings is 2. The van der Waals surface area contributed by atoms with Crippen molar-refractivity contribution in [2.45, 2.75) is 19.5 Å². The Morgan fingerprint density at radius 2 is 1.81 bits per heavy atom. The minimum atomic E-state index is 0. The van der Waals surface area contributed by atoms with Crippen LogP contribution in [0.15, 0.2) is 51.9 Å². The van der Waals surface area contributed by atoms with E-state index in [1.165, 1.54) is 5.56 Å². The van der Waals surface area contributed by atoms with Crippen LogP contribution in [0.25, 0.3) is 0 Å². The Balaban J connectivity index is 0.00000338. The highest BCUT2D eigenvalue weighted by molar-refractivity contribution is 14.0. The van der Waals surface area contributed by atoms with Crippen molar-refractivity contribution in [1.29, 1.82) is 0 Å². The molecular formula is C19H25BrIN3O2. The number of halogens is 2. The second-order valence-corrected chi connectivity index (χ2v) is 6.44. The number of nitrogens with one attached hydrogen (secondary N) is 2. The lowest BCUT2D eigenvalue weighted by atomic mass is 10.1. The lowest BCUT2D eigenvalue weighted by molar-refractivity contribution is 0.394. The van der Waals surface area contributed by atoms with Crippen LogP contribution >= 0.6 is 39.9 Å². The molecule has 1 atom stereocenters. The molecule has 0 fully saturated rings. The highest BCUT2D eigenvalue weighted by Crippen LogP contribution is 2.29. The molecule has 2 rings (SSSR count). The monoisotopic (exact) mass is 533 g/mol. The topological polar surface area (TPSA) is 54.9 Å². The predicted molar refractivity (Wildman–Crippen MR) is 121 cm³/mol. The molecule has 0 saturated carbocycles. The number of hydrogen-bond donors (Lipinski definition) is 2. The third-order valence-corrected chi connectivity index (χ3v) is 4.38. The van der Waals surface area contributed by atoms with Crippen molar-refractivity contribution < 1.29 is 9.47 Å². The van der Waals surface area contributed by atoms with Gasteiger partial charge in [-0.05, 0) is 42.8 Å². The summed E-state index contributed by atoms with van der Waals surface area (Å²) in [6.45, 7) is 2.75. The Morgan fingerprint density at radius 1 is 1.12 bits per heavy atom. The smallest absolute Gasteiger partial charge is 0.191 e. The van der Waals surface area contributed by atoms with Gasteiger partial charge in [0.1, 0.15) is 11.5 Å². The molecule has 0 heterocycles. The molecule has 0 bridgehead atoms. The summed E-state index contributed by atoms with van der Waals surface area (Å²) in [4.78, 5) is 4.30. The van der Waals surface area contributed by atoms with Crippen LogP contribution in [0.3, 0.4) is 0 Å². The minimum absolute atomic E-state index is 0. The summed E-state index contributed by atoms with van der Waals surface area (Å²) in [5, 5.41) is 6.71. The molecule has 2 N–H and O–H groups in total. The Morgan fingerprint density at radius 3 is 2.38 bits per heavy atom. The number of nitrogens with zero attached hydrogens (tertiary/aromatic N) is 1. The predicted octanol–water partition coefficient (Wildman–Crippen LogP) is 4.51. The fraction of sp³-hybridized carbons (Fsp3) is 0.316. The van der Waals surface area contributed by atoms with Gasteiger partial charge in [-0.3, -0.25) is 4.99 Å². The maximum absolute atomic E-state index is 5.46. The first-order valence-electron chi connectivity index (χ1n) is 8.01. The molecule has 2 aromatic rings. The molecule has 26 heavy (non-hydrogen) atoms. The zero-order chi connectivity index (χ0) is 18.2. The minimum Gasteiger partial charge on any atom is -0.497 e. The van der Waals surface area contributed by atoms with Crippen LogP contribution in [-0.2, 0) is 6.54 Å². The number of ether oxygens (including phenoxy) is 2. The molecule has 0 radical (unpaired) electrons. The zero-order valence-corrected chi connectivity index (χ0v) is 19.3. The van der Waals surface area contributed by atoms with Crippen LogP contribution in [0.1, 0.15) is 24.1 Å². The van der Waals surface area contributed by atoms with Crippen molar-refractivity contribution in [1.82, 2.24) is 10.6 Å². The third-order valence-electron chi connectivity index (χ3n) is 3.85. The first-order valence-corrected chi connectivity index (χ1v) is 8.80. The van der Waals surface area contributed by atoms with Crippen LogP contribution in [0.2, 0.25) is 0 Å². The van der Waals surface area contributed by atoms with Crippen LogP contribution in [0.5, 0.6) is 11.5 Å². The number of guanidine groups is 1. The van der Waals surface area contributed by atoms with Gasteiger partial charge in [0.25, 0.3) is 0 Å². The number of methoxy groups -OCH3 is 2. The molecule has 2 aromatic carbocycles. The molecule has 0 spiro atoms. The molecule has 1 unspecified atom stereocenters. The van der Waals surface area contributed by atoms with E-state index in [1.54, 1.807) is 21.3 Å². The Bertz CT molecular complexity index is 723. The summed E-state index contributed by atoms with van der Waals surface area (Å²) >= 11 is 3.44. The summed E-state index contributed by atoms with van der Waals surface area (Å²) in [5.41, 5.74) is 2.19. The molecule has 0 amide bonds. The summed E-state index contributed by atoms with van der Waals surface area (Å²) < 4.78 is 11.8. The van der Waals surface area contributed by atoms with Gasteiger partial charge in [-0.1, -0.05) is 28.1 Å². The molecule has 7 heteroatoms. The van der Waals surface area contributed by atoms with E-state index in [4.69, 9.17) is 9.47 Å². The van der Waals surface area contributed by atoms with Crippen molar-refractivity contribution in [3.8, 4) is 11.5 Å². The molecule has 0 aliphatic heterocycles. The molecule has 0 saturated heterocycles. The van der Waals surface area contributed by atoms with Crippen LogP contribution < -0.4 is 20.1 Å². The van der Waals surface area contributed by atoms with Crippen molar-refractivity contribution in [2.75, 3.05) is 21.3 Å². The van der Waals surface area contributed by atoms with E-state index in [0.717, 1.165) is 27.5 Å². The molecule has 0 aromatic heterocycles. The largest absolute Gasteiger partial charge is 0.497 e. The fourth-order valence-corrected chi connectivity index (χ4v) is 2.71. The third kappa shape index (κ3) is 6.35. The van der Waals surface area contributed by atoms with Gasteiger partial charge < -0.3 is 20.1 Å². The van der Waals surface area contributed by atoms with Crippen LogP contribution in [-0.4, -0.2) is 27.2 Å². The first kappa shape index (κ1) is 22.6. The lowest BCUT2D eigenvalue weighted by Crippen LogP contribution is -2.38. The Labute approximate surface area is 180 Å². The Kier molecular flexibility index (Phi) is 9.79. The van der Waals surface area contributed by atoms with E-state index in [0.29, 0.717) is 6.54 Å². The summed E-state index contributed by atoms with van der Waals surface area (Å²) in [6.07, 6.45) is 0. The van der Waals surface area contributed by atoms with E-state index in [-0.39, 0.29) is 30.0 Å². The van der Waals surface area contributed by atoms with Crippen LogP contribution in [0.4, 0.5) is 0 Å². The standard InChI is InChI=1S/C19H24BrN3O2.HI/c1-13(17-11-16(24-3)9-10-18(17)25-4)23-19(21-2)22-12-14-5-7-15(20)8-6-14;/h5-11,13H,12H2,1-4H3,(H2,21,22,23);1H. The fourth-order valence-electron chi connectivity index (χ4n) is 2.44. The summed E-state index contributed by atoms with van der Waals surface area (Å²) in [7, 11) is 5.08. The van der Waals surface area contributed by atoms with Gasteiger partial charge in [0.05, 0.1) is 20.3 Å². The SMILES string of the molecule is CN=C(NCc1ccc(Br)cc1)NC(C)c1cc(OC)ccc1OC.I. The number of aliphatic imine (C=N–C) groups is 1. The first-order chi connectivity index (χ1) is 12.1. The van der Waals surface area contributed by atoms with Crippen LogP contribution in [0, 0.1) is 0 Å². The van der Waals surface area contributed by atoms with Crippen molar-refractivity contribution in [3.05, 3.63) is 58.1 Å². The van der Waals surface area contributed by atoms with Crippen molar-refractivity contribution in [3.63, 3.8) is 0 Å².